The van der Waals surface area contributed by atoms with Gasteiger partial charge in [0.15, 0.2) is 0 Å². The molecule has 1 saturated carbocycles. The Morgan fingerprint density at radius 3 is 2.17 bits per heavy atom. The lowest BCUT2D eigenvalue weighted by Crippen LogP contribution is -2.35. The Bertz CT molecular complexity index is 389. The van der Waals surface area contributed by atoms with Crippen LogP contribution in [0.3, 0.4) is 0 Å². The van der Waals surface area contributed by atoms with E-state index in [0.717, 1.165) is 11.8 Å². The van der Waals surface area contributed by atoms with Crippen molar-refractivity contribution in [3.63, 3.8) is 0 Å². The average molecular weight is 242 g/mol. The van der Waals surface area contributed by atoms with Crippen LogP contribution in [0.5, 0.6) is 0 Å². The van der Waals surface area contributed by atoms with Gasteiger partial charge >= 0.3 is 0 Å². The highest BCUT2D eigenvalue weighted by Crippen LogP contribution is 2.46. The van der Waals surface area contributed by atoms with Crippen molar-refractivity contribution < 1.29 is 0 Å². The van der Waals surface area contributed by atoms with Crippen molar-refractivity contribution in [2.75, 3.05) is 0 Å². The van der Waals surface area contributed by atoms with E-state index in [9.17, 15) is 0 Å². The van der Waals surface area contributed by atoms with Crippen LogP contribution < -0.4 is 0 Å². The molecule has 18 heavy (non-hydrogen) atoms. The van der Waals surface area contributed by atoms with Gasteiger partial charge in [0, 0.05) is 0 Å². The maximum atomic E-state index is 3.83. The maximum Gasteiger partial charge on any atom is -0.00445 e. The molecule has 0 amide bonds. The van der Waals surface area contributed by atoms with E-state index in [1.54, 1.807) is 0 Å². The van der Waals surface area contributed by atoms with E-state index >= 15 is 0 Å². The quantitative estimate of drug-likeness (QED) is 0.662. The summed E-state index contributed by atoms with van der Waals surface area (Å²) >= 11 is 0. The van der Waals surface area contributed by atoms with Crippen LogP contribution in [-0.4, -0.2) is 0 Å². The van der Waals surface area contributed by atoms with Crippen LogP contribution in [0.4, 0.5) is 0 Å². The average Bonchev–Trinajstić information content (AvgIpc) is 2.37. The highest BCUT2D eigenvalue weighted by Gasteiger charge is 2.37. The second kappa shape index (κ2) is 5.30. The number of benzene rings is 1. The van der Waals surface area contributed by atoms with Gasteiger partial charge in [0.25, 0.3) is 0 Å². The maximum absolute atomic E-state index is 3.83. The van der Waals surface area contributed by atoms with Gasteiger partial charge in [-0.1, -0.05) is 57.7 Å². The molecule has 0 aliphatic heterocycles. The molecular formula is C18H26. The van der Waals surface area contributed by atoms with E-state index in [-0.39, 0.29) is 0 Å². The van der Waals surface area contributed by atoms with E-state index in [1.165, 1.54) is 36.8 Å². The minimum atomic E-state index is 0.413. The van der Waals surface area contributed by atoms with Gasteiger partial charge in [-0.2, -0.15) is 0 Å². The predicted molar refractivity (Wildman–Crippen MR) is 80.7 cm³/mol. The van der Waals surface area contributed by atoms with Crippen LogP contribution in [0.15, 0.2) is 30.8 Å². The summed E-state index contributed by atoms with van der Waals surface area (Å²) in [7, 11) is 0. The molecule has 0 heterocycles. The summed E-state index contributed by atoms with van der Waals surface area (Å²) in [6.07, 6.45) is 7.28. The molecular weight excluding hydrogens is 216 g/mol. The minimum Gasteiger partial charge on any atom is -0.0985 e. The lowest BCUT2D eigenvalue weighted by molar-refractivity contribution is 0.173. The van der Waals surface area contributed by atoms with Gasteiger partial charge in [0.2, 0.25) is 0 Å². The summed E-state index contributed by atoms with van der Waals surface area (Å²) in [6.45, 7) is 11.0. The van der Waals surface area contributed by atoms with Gasteiger partial charge in [-0.15, -0.1) is 0 Å². The summed E-state index contributed by atoms with van der Waals surface area (Å²) < 4.78 is 0. The SMILES string of the molecule is C=Cc1ccc(C2(CC)CC(C)C[C@@H](C)C2)cc1. The Hall–Kier alpha value is -1.04. The molecule has 2 rings (SSSR count). The molecule has 0 bridgehead atoms. The number of hydrogen-bond acceptors (Lipinski definition) is 0. The Labute approximate surface area is 112 Å². The van der Waals surface area contributed by atoms with Gasteiger partial charge in [-0.25, -0.2) is 0 Å². The van der Waals surface area contributed by atoms with E-state index in [0.29, 0.717) is 5.41 Å². The summed E-state index contributed by atoms with van der Waals surface area (Å²) in [4.78, 5) is 0. The first-order chi connectivity index (χ1) is 8.59. The zero-order valence-corrected chi connectivity index (χ0v) is 12.1. The third kappa shape index (κ3) is 2.53. The van der Waals surface area contributed by atoms with E-state index in [4.69, 9.17) is 0 Å². The molecule has 0 spiro atoms. The van der Waals surface area contributed by atoms with Gasteiger partial charge < -0.3 is 0 Å². The normalized spacial score (nSPS) is 32.2. The molecule has 1 aromatic carbocycles. The fraction of sp³-hybridized carbons (Fsp3) is 0.556. The molecule has 0 N–H and O–H groups in total. The molecule has 0 radical (unpaired) electrons. The third-order valence-electron chi connectivity index (χ3n) is 4.72. The summed E-state index contributed by atoms with van der Waals surface area (Å²) in [6, 6.07) is 9.07. The molecule has 1 fully saturated rings. The molecule has 0 nitrogen and oxygen atoms in total. The lowest BCUT2D eigenvalue weighted by atomic mass is 9.62. The molecule has 0 aromatic heterocycles. The van der Waals surface area contributed by atoms with Crippen molar-refractivity contribution >= 4 is 6.08 Å². The Morgan fingerprint density at radius 2 is 1.72 bits per heavy atom. The predicted octanol–water partition coefficient (Wildman–Crippen LogP) is 5.43. The second-order valence-electron chi connectivity index (χ2n) is 6.31. The third-order valence-corrected chi connectivity index (χ3v) is 4.72. The summed E-state index contributed by atoms with van der Waals surface area (Å²) in [5.41, 5.74) is 3.17. The fourth-order valence-electron chi connectivity index (χ4n) is 3.97. The molecule has 1 aliphatic carbocycles. The number of hydrogen-bond donors (Lipinski definition) is 0. The molecule has 0 saturated heterocycles. The monoisotopic (exact) mass is 242 g/mol. The molecule has 2 unspecified atom stereocenters. The molecule has 1 aliphatic rings. The van der Waals surface area contributed by atoms with Crippen LogP contribution >= 0.6 is 0 Å². The zero-order chi connectivity index (χ0) is 13.2. The van der Waals surface area contributed by atoms with E-state index < -0.39 is 0 Å². The van der Waals surface area contributed by atoms with Crippen molar-refractivity contribution in [2.45, 2.75) is 51.9 Å². The van der Waals surface area contributed by atoms with Crippen LogP contribution in [0, 0.1) is 11.8 Å². The first kappa shape index (κ1) is 13.4. The molecule has 98 valence electrons. The second-order valence-corrected chi connectivity index (χ2v) is 6.31. The van der Waals surface area contributed by atoms with Crippen LogP contribution in [0.1, 0.15) is 57.6 Å². The van der Waals surface area contributed by atoms with Crippen molar-refractivity contribution in [1.29, 1.82) is 0 Å². The van der Waals surface area contributed by atoms with Crippen molar-refractivity contribution in [1.82, 2.24) is 0 Å². The largest absolute Gasteiger partial charge is 0.0985 e. The van der Waals surface area contributed by atoms with Crippen LogP contribution in [0.25, 0.3) is 6.08 Å². The van der Waals surface area contributed by atoms with Crippen LogP contribution in [-0.2, 0) is 5.41 Å². The molecule has 3 atom stereocenters. The molecule has 0 heteroatoms. The Morgan fingerprint density at radius 1 is 1.17 bits per heavy atom. The standard InChI is InChI=1S/C18H26/c1-5-16-7-9-17(10-8-16)18(6-2)12-14(3)11-15(4)13-18/h5,7-10,14-15H,1,6,11-13H2,2-4H3/t14-,15?,18?/m1/s1. The highest BCUT2D eigenvalue weighted by atomic mass is 14.4. The molecule has 1 aromatic rings. The van der Waals surface area contributed by atoms with E-state index in [1.807, 2.05) is 6.08 Å². The zero-order valence-electron chi connectivity index (χ0n) is 12.1. The number of rotatable bonds is 3. The minimum absolute atomic E-state index is 0.413. The van der Waals surface area contributed by atoms with Crippen molar-refractivity contribution in [3.8, 4) is 0 Å². The first-order valence-electron chi connectivity index (χ1n) is 7.32. The fourth-order valence-corrected chi connectivity index (χ4v) is 3.97. The van der Waals surface area contributed by atoms with Gasteiger partial charge in [0.05, 0.1) is 0 Å². The van der Waals surface area contributed by atoms with Gasteiger partial charge in [-0.3, -0.25) is 0 Å². The lowest BCUT2D eigenvalue weighted by Gasteiger charge is -2.43. The first-order valence-corrected chi connectivity index (χ1v) is 7.32. The van der Waals surface area contributed by atoms with Gasteiger partial charge in [0.1, 0.15) is 0 Å². The highest BCUT2D eigenvalue weighted by molar-refractivity contribution is 5.48. The van der Waals surface area contributed by atoms with Crippen LogP contribution in [0.2, 0.25) is 0 Å². The van der Waals surface area contributed by atoms with Crippen molar-refractivity contribution in [2.24, 2.45) is 11.8 Å². The van der Waals surface area contributed by atoms with E-state index in [2.05, 4.69) is 51.6 Å². The van der Waals surface area contributed by atoms with Crippen molar-refractivity contribution in [3.05, 3.63) is 42.0 Å². The topological polar surface area (TPSA) is 0 Å². The summed E-state index contributed by atoms with van der Waals surface area (Å²) in [5.74, 6) is 1.71. The Balaban J connectivity index is 2.32. The van der Waals surface area contributed by atoms with Gasteiger partial charge in [-0.05, 0) is 54.1 Å². The smallest absolute Gasteiger partial charge is 0.00445 e. The Kier molecular flexibility index (Phi) is 3.94. The summed E-state index contributed by atoms with van der Waals surface area (Å²) in [5, 5.41) is 0.